The molecule has 4 rings (SSSR count). The molecule has 0 amide bonds. The number of carboxylic acids is 1. The van der Waals surface area contributed by atoms with Gasteiger partial charge in [-0.15, -0.1) is 0 Å². The number of halogens is 2. The zero-order chi connectivity index (χ0) is 25.5. The molecule has 0 saturated carbocycles. The number of likely N-dealkylation sites (tertiary alicyclic amines) is 1. The van der Waals surface area contributed by atoms with Crippen molar-refractivity contribution in [2.75, 3.05) is 26.7 Å². The third-order valence-corrected chi connectivity index (χ3v) is 8.56. The number of hydrogen-bond acceptors (Lipinski definition) is 5. The second kappa shape index (κ2) is 12.3. The van der Waals surface area contributed by atoms with Crippen molar-refractivity contribution in [2.24, 2.45) is 5.41 Å². The molecule has 5 nitrogen and oxygen atoms in total. The Bertz CT molecular complexity index is 1150. The van der Waals surface area contributed by atoms with Gasteiger partial charge in [-0.05, 0) is 111 Å². The van der Waals surface area contributed by atoms with E-state index in [-0.39, 0.29) is 17.9 Å². The number of benzene rings is 1. The summed E-state index contributed by atoms with van der Waals surface area (Å²) in [7, 11) is 1.57. The van der Waals surface area contributed by atoms with Crippen LogP contribution in [0.1, 0.15) is 62.2 Å². The summed E-state index contributed by atoms with van der Waals surface area (Å²) in [6.07, 6.45) is 5.93. The highest BCUT2D eigenvalue weighted by Gasteiger charge is 2.37. The first-order valence-electron chi connectivity index (χ1n) is 12.6. The predicted octanol–water partition coefficient (Wildman–Crippen LogP) is 7.33. The van der Waals surface area contributed by atoms with E-state index in [1.165, 1.54) is 11.8 Å². The Balaban J connectivity index is 1.37. The summed E-state index contributed by atoms with van der Waals surface area (Å²) >= 11 is 8.14. The first-order chi connectivity index (χ1) is 17.4. The molecule has 194 valence electrons. The first-order valence-corrected chi connectivity index (χ1v) is 13.9. The van der Waals surface area contributed by atoms with Gasteiger partial charge in [0.2, 0.25) is 0 Å². The Morgan fingerprint density at radius 3 is 2.81 bits per heavy atom. The molecule has 1 fully saturated rings. The van der Waals surface area contributed by atoms with Crippen LogP contribution in [-0.4, -0.2) is 47.7 Å². The second-order valence-electron chi connectivity index (χ2n) is 9.91. The van der Waals surface area contributed by atoms with Crippen LogP contribution in [0.4, 0.5) is 4.39 Å². The summed E-state index contributed by atoms with van der Waals surface area (Å²) in [6, 6.07) is 7.53. The molecule has 1 aliphatic heterocycles. The van der Waals surface area contributed by atoms with Crippen molar-refractivity contribution < 1.29 is 19.0 Å². The normalized spacial score (nSPS) is 16.8. The Kier molecular flexibility index (Phi) is 9.20. The van der Waals surface area contributed by atoms with Gasteiger partial charge in [-0.3, -0.25) is 9.78 Å². The molecule has 3 aromatic rings. The van der Waals surface area contributed by atoms with Crippen LogP contribution in [0.25, 0.3) is 10.9 Å². The number of unbranched alkanes of at least 4 members (excludes halogenated alkanes) is 1. The molecule has 0 aliphatic carbocycles. The highest BCUT2D eigenvalue weighted by Crippen LogP contribution is 2.44. The van der Waals surface area contributed by atoms with Crippen LogP contribution >= 0.6 is 22.9 Å². The number of pyridine rings is 1. The maximum absolute atomic E-state index is 15.7. The van der Waals surface area contributed by atoms with Crippen LogP contribution in [0.15, 0.2) is 41.2 Å². The minimum absolute atomic E-state index is 0.0738. The molecule has 8 heteroatoms. The van der Waals surface area contributed by atoms with E-state index in [0.29, 0.717) is 28.6 Å². The summed E-state index contributed by atoms with van der Waals surface area (Å²) < 4.78 is 21.0. The van der Waals surface area contributed by atoms with Gasteiger partial charge >= 0.3 is 5.97 Å². The number of ether oxygens (including phenoxy) is 1. The van der Waals surface area contributed by atoms with Gasteiger partial charge in [0.05, 0.1) is 24.1 Å². The molecular weight excluding hydrogens is 499 g/mol. The minimum Gasteiger partial charge on any atom is -0.497 e. The number of fused-ring (bicyclic) bond motifs is 1. The molecule has 0 unspecified atom stereocenters. The molecule has 1 saturated heterocycles. The van der Waals surface area contributed by atoms with Crippen molar-refractivity contribution in [1.82, 2.24) is 9.88 Å². The quantitative estimate of drug-likeness (QED) is 0.247. The van der Waals surface area contributed by atoms with E-state index in [4.69, 9.17) is 16.3 Å². The average Bonchev–Trinajstić information content (AvgIpc) is 3.39. The van der Waals surface area contributed by atoms with E-state index in [2.05, 4.69) is 26.7 Å². The Labute approximate surface area is 221 Å². The van der Waals surface area contributed by atoms with Crippen LogP contribution in [0.5, 0.6) is 5.75 Å². The number of nitrogens with zero attached hydrogens (tertiary/aromatic N) is 2. The van der Waals surface area contributed by atoms with Gasteiger partial charge in [-0.1, -0.05) is 11.6 Å². The molecule has 1 aliphatic rings. The second-order valence-corrected chi connectivity index (χ2v) is 11.1. The number of carbonyl (C=O) groups is 1. The van der Waals surface area contributed by atoms with Crippen LogP contribution in [0, 0.1) is 5.41 Å². The van der Waals surface area contributed by atoms with Crippen LogP contribution in [0.3, 0.4) is 0 Å². The number of carboxylic acid groups (broad SMARTS) is 1. The molecule has 36 heavy (non-hydrogen) atoms. The lowest BCUT2D eigenvalue weighted by Gasteiger charge is -2.41. The number of alkyl halides is 1. The molecule has 1 N–H and O–H groups in total. The fourth-order valence-electron chi connectivity index (χ4n) is 5.38. The standard InChI is InChI=1S/C28H34ClFN2O3S/c1-35-21-5-6-25-22(16-21)27(23(29)18-31-25)24(30)7-9-28(17-26(33)34)10-13-32(14-11-28)12-3-2-4-20-8-15-36-19-20/h5-6,8,15-16,18-19,24H,2-4,7,9-14,17H2,1H3,(H,33,34)/t24-/m0/s1. The number of aliphatic carboxylic acids is 1. The summed E-state index contributed by atoms with van der Waals surface area (Å²) in [5, 5.41) is 14.9. The predicted molar refractivity (Wildman–Crippen MR) is 144 cm³/mol. The minimum atomic E-state index is -1.31. The fraction of sp³-hybridized carbons (Fsp3) is 0.500. The Morgan fingerprint density at radius 2 is 2.11 bits per heavy atom. The zero-order valence-corrected chi connectivity index (χ0v) is 22.3. The molecule has 1 aromatic carbocycles. The van der Waals surface area contributed by atoms with Gasteiger partial charge in [0.25, 0.3) is 0 Å². The van der Waals surface area contributed by atoms with Gasteiger partial charge in [0.1, 0.15) is 11.9 Å². The molecule has 3 heterocycles. The van der Waals surface area contributed by atoms with Crippen LogP contribution in [0.2, 0.25) is 5.02 Å². The molecule has 0 spiro atoms. The third kappa shape index (κ3) is 6.75. The van der Waals surface area contributed by atoms with Gasteiger partial charge in [0, 0.05) is 17.1 Å². The lowest BCUT2D eigenvalue weighted by Crippen LogP contribution is -2.41. The van der Waals surface area contributed by atoms with E-state index >= 15 is 4.39 Å². The van der Waals surface area contributed by atoms with E-state index in [1.807, 2.05) is 0 Å². The number of hydrogen-bond donors (Lipinski definition) is 1. The van der Waals surface area contributed by atoms with E-state index in [9.17, 15) is 9.90 Å². The van der Waals surface area contributed by atoms with Crippen LogP contribution < -0.4 is 4.74 Å². The maximum Gasteiger partial charge on any atom is 0.303 e. The van der Waals surface area contributed by atoms with E-state index < -0.39 is 17.6 Å². The Hall–Kier alpha value is -2.22. The van der Waals surface area contributed by atoms with Crippen molar-refractivity contribution in [1.29, 1.82) is 0 Å². The summed E-state index contributed by atoms with van der Waals surface area (Å²) in [5.41, 5.74) is 2.08. The van der Waals surface area contributed by atoms with E-state index in [1.54, 1.807) is 36.6 Å². The molecule has 0 bridgehead atoms. The Morgan fingerprint density at radius 1 is 1.31 bits per heavy atom. The van der Waals surface area contributed by atoms with Crippen molar-refractivity contribution >= 4 is 39.8 Å². The van der Waals surface area contributed by atoms with Crippen molar-refractivity contribution in [3.05, 3.63) is 57.4 Å². The van der Waals surface area contributed by atoms with Gasteiger partial charge < -0.3 is 14.7 Å². The smallest absolute Gasteiger partial charge is 0.303 e. The summed E-state index contributed by atoms with van der Waals surface area (Å²) in [4.78, 5) is 18.5. The van der Waals surface area contributed by atoms with Gasteiger partial charge in [-0.2, -0.15) is 11.3 Å². The van der Waals surface area contributed by atoms with Crippen molar-refractivity contribution in [3.63, 3.8) is 0 Å². The summed E-state index contributed by atoms with van der Waals surface area (Å²) in [5.74, 6) is -0.197. The number of aryl methyl sites for hydroxylation is 1. The topological polar surface area (TPSA) is 62.7 Å². The number of rotatable bonds is 12. The first kappa shape index (κ1) is 26.8. The van der Waals surface area contributed by atoms with Gasteiger partial charge in [-0.25, -0.2) is 4.39 Å². The number of aromatic nitrogens is 1. The SMILES string of the molecule is COc1ccc2ncc(Cl)c([C@@H](F)CCC3(CC(=O)O)CCN(CCCCc4ccsc4)CC3)c2c1. The van der Waals surface area contributed by atoms with Gasteiger partial charge in [0.15, 0.2) is 0 Å². The lowest BCUT2D eigenvalue weighted by atomic mass is 9.71. The molecular formula is C28H34ClFN2O3S. The molecule has 1 atom stereocenters. The summed E-state index contributed by atoms with van der Waals surface area (Å²) in [6.45, 7) is 2.75. The largest absolute Gasteiger partial charge is 0.497 e. The lowest BCUT2D eigenvalue weighted by molar-refractivity contribution is -0.141. The highest BCUT2D eigenvalue weighted by atomic mass is 35.5. The highest BCUT2D eigenvalue weighted by molar-refractivity contribution is 7.07. The zero-order valence-electron chi connectivity index (χ0n) is 20.7. The number of methoxy groups -OCH3 is 1. The maximum atomic E-state index is 15.7. The molecule has 0 radical (unpaired) electrons. The van der Waals surface area contributed by atoms with E-state index in [0.717, 1.165) is 51.7 Å². The van der Waals surface area contributed by atoms with Crippen LogP contribution in [-0.2, 0) is 11.2 Å². The monoisotopic (exact) mass is 532 g/mol. The average molecular weight is 533 g/mol. The fourth-order valence-corrected chi connectivity index (χ4v) is 6.35. The number of piperidine rings is 1. The number of thiophene rings is 1. The van der Waals surface area contributed by atoms with Crippen molar-refractivity contribution in [2.45, 2.75) is 57.5 Å². The molecule has 2 aromatic heterocycles. The van der Waals surface area contributed by atoms with Crippen molar-refractivity contribution in [3.8, 4) is 5.75 Å². The third-order valence-electron chi connectivity index (χ3n) is 7.52.